The van der Waals surface area contributed by atoms with E-state index in [2.05, 4.69) is 0 Å². The molecule has 1 fully saturated rings. The van der Waals surface area contributed by atoms with Crippen LogP contribution in [0.2, 0.25) is 5.02 Å². The zero-order chi connectivity index (χ0) is 11.9. The zero-order valence-corrected chi connectivity index (χ0v) is 8.92. The molecule has 1 aromatic rings. The predicted octanol–water partition coefficient (Wildman–Crippen LogP) is 2.16. The van der Waals surface area contributed by atoms with Crippen molar-refractivity contribution in [2.75, 3.05) is 0 Å². The maximum Gasteiger partial charge on any atom is 0.315 e. The molecule has 0 unspecified atom stereocenters. The van der Waals surface area contributed by atoms with Crippen LogP contribution in [0.5, 0.6) is 0 Å². The van der Waals surface area contributed by atoms with Gasteiger partial charge in [0.15, 0.2) is 0 Å². The van der Waals surface area contributed by atoms with Gasteiger partial charge < -0.3 is 5.11 Å². The third kappa shape index (κ3) is 1.50. The second-order valence-corrected chi connectivity index (χ2v) is 4.31. The Morgan fingerprint density at radius 2 is 2.06 bits per heavy atom. The van der Waals surface area contributed by atoms with Gasteiger partial charge in [-0.2, -0.15) is 0 Å². The average Bonchev–Trinajstić information content (AvgIpc) is 2.12. The van der Waals surface area contributed by atoms with Crippen LogP contribution in [0.4, 0.5) is 4.39 Å². The summed E-state index contributed by atoms with van der Waals surface area (Å²) in [5, 5.41) is 9.19. The lowest BCUT2D eigenvalue weighted by molar-refractivity contribution is -0.153. The van der Waals surface area contributed by atoms with Gasteiger partial charge in [0.1, 0.15) is 17.0 Å². The molecule has 5 heteroatoms. The number of halogens is 2. The highest BCUT2D eigenvalue weighted by Crippen LogP contribution is 2.44. The molecular formula is C11H8ClFO3. The molecule has 1 aliphatic rings. The molecule has 16 heavy (non-hydrogen) atoms. The summed E-state index contributed by atoms with van der Waals surface area (Å²) in [5.41, 5.74) is -0.954. The smallest absolute Gasteiger partial charge is 0.315 e. The van der Waals surface area contributed by atoms with Crippen LogP contribution in [0.15, 0.2) is 18.2 Å². The summed E-state index contributed by atoms with van der Waals surface area (Å²) in [6.45, 7) is 0. The fourth-order valence-corrected chi connectivity index (χ4v) is 2.30. The van der Waals surface area contributed by atoms with E-state index in [0.717, 1.165) is 12.1 Å². The second kappa shape index (κ2) is 3.56. The lowest BCUT2D eigenvalue weighted by Crippen LogP contribution is -2.48. The van der Waals surface area contributed by atoms with E-state index < -0.39 is 17.2 Å². The molecule has 3 nitrogen and oxygen atoms in total. The van der Waals surface area contributed by atoms with E-state index in [4.69, 9.17) is 16.7 Å². The van der Waals surface area contributed by atoms with E-state index in [0.29, 0.717) is 5.56 Å². The van der Waals surface area contributed by atoms with Crippen molar-refractivity contribution in [1.82, 2.24) is 0 Å². The number of Topliss-reactive ketones (excluding diaryl/α,β-unsaturated/α-hetero) is 1. The third-order valence-corrected chi connectivity index (χ3v) is 3.17. The second-order valence-electron chi connectivity index (χ2n) is 3.90. The Morgan fingerprint density at radius 3 is 2.50 bits per heavy atom. The van der Waals surface area contributed by atoms with Crippen LogP contribution in [0.3, 0.4) is 0 Å². The number of hydrogen-bond acceptors (Lipinski definition) is 2. The van der Waals surface area contributed by atoms with Gasteiger partial charge in [0.05, 0.1) is 0 Å². The highest BCUT2D eigenvalue weighted by molar-refractivity contribution is 6.32. The molecule has 0 spiro atoms. The Labute approximate surface area is 95.8 Å². The summed E-state index contributed by atoms with van der Waals surface area (Å²) in [4.78, 5) is 22.2. The fourth-order valence-electron chi connectivity index (χ4n) is 1.96. The van der Waals surface area contributed by atoms with E-state index in [9.17, 15) is 14.0 Å². The van der Waals surface area contributed by atoms with Gasteiger partial charge in [-0.25, -0.2) is 4.39 Å². The molecule has 0 aromatic heterocycles. The molecule has 0 heterocycles. The van der Waals surface area contributed by atoms with Crippen molar-refractivity contribution < 1.29 is 19.1 Å². The first-order chi connectivity index (χ1) is 7.45. The van der Waals surface area contributed by atoms with Crippen LogP contribution in [-0.2, 0) is 15.0 Å². The van der Waals surface area contributed by atoms with Crippen molar-refractivity contribution in [3.63, 3.8) is 0 Å². The molecule has 1 saturated carbocycles. The lowest BCUT2D eigenvalue weighted by Gasteiger charge is -2.37. The Hall–Kier alpha value is -1.42. The Bertz CT molecular complexity index is 476. The number of carboxylic acid groups (broad SMARTS) is 1. The molecule has 0 bridgehead atoms. The molecule has 0 amide bonds. The number of aliphatic carboxylic acids is 1. The largest absolute Gasteiger partial charge is 0.481 e. The van der Waals surface area contributed by atoms with Crippen molar-refractivity contribution in [1.29, 1.82) is 0 Å². The number of hydrogen-bond donors (Lipinski definition) is 1. The Kier molecular flexibility index (Phi) is 2.46. The third-order valence-electron chi connectivity index (χ3n) is 2.85. The van der Waals surface area contributed by atoms with Crippen LogP contribution < -0.4 is 0 Å². The van der Waals surface area contributed by atoms with Crippen LogP contribution in [-0.4, -0.2) is 16.9 Å². The molecule has 1 aromatic carbocycles. The Balaban J connectivity index is 2.49. The van der Waals surface area contributed by atoms with Crippen LogP contribution in [0.1, 0.15) is 18.4 Å². The summed E-state index contributed by atoms with van der Waals surface area (Å²) in [6, 6.07) is 3.54. The first-order valence-electron chi connectivity index (χ1n) is 4.66. The summed E-state index contributed by atoms with van der Waals surface area (Å²) in [7, 11) is 0. The van der Waals surface area contributed by atoms with Crippen LogP contribution in [0.25, 0.3) is 0 Å². The molecule has 84 valence electrons. The van der Waals surface area contributed by atoms with E-state index >= 15 is 0 Å². The van der Waals surface area contributed by atoms with E-state index in [-0.39, 0.29) is 23.6 Å². The van der Waals surface area contributed by atoms with Gasteiger partial charge in [0.25, 0.3) is 0 Å². The van der Waals surface area contributed by atoms with Gasteiger partial charge in [-0.1, -0.05) is 17.7 Å². The minimum Gasteiger partial charge on any atom is -0.481 e. The standard InChI is InChI=1S/C11H8ClFO3/c12-9-3-6(13)1-2-8(9)11(10(15)16)4-7(14)5-11/h1-3H,4-5H2,(H,15,16). The van der Waals surface area contributed by atoms with Crippen molar-refractivity contribution >= 4 is 23.4 Å². The summed E-state index contributed by atoms with van der Waals surface area (Å²) in [6.07, 6.45) is -0.151. The van der Waals surface area contributed by atoms with Crippen LogP contribution >= 0.6 is 11.6 Å². The summed E-state index contributed by atoms with van der Waals surface area (Å²) < 4.78 is 12.8. The molecule has 1 aliphatic carbocycles. The molecule has 0 radical (unpaired) electrons. The highest BCUT2D eigenvalue weighted by atomic mass is 35.5. The monoisotopic (exact) mass is 242 g/mol. The first-order valence-corrected chi connectivity index (χ1v) is 5.04. The van der Waals surface area contributed by atoms with Crippen molar-refractivity contribution in [2.45, 2.75) is 18.3 Å². The molecule has 0 atom stereocenters. The highest BCUT2D eigenvalue weighted by Gasteiger charge is 2.52. The van der Waals surface area contributed by atoms with Crippen molar-refractivity contribution in [2.24, 2.45) is 0 Å². The predicted molar refractivity (Wildman–Crippen MR) is 55.0 cm³/mol. The summed E-state index contributed by atoms with van der Waals surface area (Å²) in [5.74, 6) is -1.75. The topological polar surface area (TPSA) is 54.4 Å². The zero-order valence-electron chi connectivity index (χ0n) is 8.17. The van der Waals surface area contributed by atoms with Gasteiger partial charge >= 0.3 is 5.97 Å². The number of carboxylic acids is 1. The molecule has 0 aliphatic heterocycles. The lowest BCUT2D eigenvalue weighted by atomic mass is 9.63. The quantitative estimate of drug-likeness (QED) is 0.865. The number of benzene rings is 1. The van der Waals surface area contributed by atoms with Gasteiger partial charge in [0.2, 0.25) is 0 Å². The number of carbonyl (C=O) groups is 2. The average molecular weight is 243 g/mol. The molecule has 0 saturated heterocycles. The van der Waals surface area contributed by atoms with Crippen molar-refractivity contribution in [3.05, 3.63) is 34.6 Å². The summed E-state index contributed by atoms with van der Waals surface area (Å²) >= 11 is 5.80. The van der Waals surface area contributed by atoms with Crippen LogP contribution in [0, 0.1) is 5.82 Å². The molecular weight excluding hydrogens is 235 g/mol. The maximum atomic E-state index is 12.8. The van der Waals surface area contributed by atoms with Crippen molar-refractivity contribution in [3.8, 4) is 0 Å². The van der Waals surface area contributed by atoms with Gasteiger partial charge in [-0.15, -0.1) is 0 Å². The fraction of sp³-hybridized carbons (Fsp3) is 0.273. The minimum absolute atomic E-state index is 0.0508. The molecule has 1 N–H and O–H groups in total. The normalized spacial score (nSPS) is 18.0. The van der Waals surface area contributed by atoms with Gasteiger partial charge in [-0.3, -0.25) is 9.59 Å². The molecule has 2 rings (SSSR count). The first kappa shape index (κ1) is 11.1. The van der Waals surface area contributed by atoms with Gasteiger partial charge in [0, 0.05) is 17.9 Å². The maximum absolute atomic E-state index is 12.8. The number of carbonyl (C=O) groups excluding carboxylic acids is 1. The SMILES string of the molecule is O=C1CC(C(=O)O)(c2ccc(F)cc2Cl)C1. The van der Waals surface area contributed by atoms with E-state index in [1.807, 2.05) is 0 Å². The van der Waals surface area contributed by atoms with E-state index in [1.165, 1.54) is 6.07 Å². The number of rotatable bonds is 2. The van der Waals surface area contributed by atoms with Gasteiger partial charge in [-0.05, 0) is 17.7 Å². The Morgan fingerprint density at radius 1 is 1.44 bits per heavy atom. The minimum atomic E-state index is -1.26. The van der Waals surface area contributed by atoms with E-state index in [1.54, 1.807) is 0 Å². The number of ketones is 1.